The van der Waals surface area contributed by atoms with Gasteiger partial charge in [-0.15, -0.1) is 11.8 Å². The Hall–Kier alpha value is -5.28. The lowest BCUT2D eigenvalue weighted by atomic mass is 9.89. The average molecular weight is 686 g/mol. The maximum Gasteiger partial charge on any atom is 0.344 e. The molecule has 2 aromatic heterocycles. The summed E-state index contributed by atoms with van der Waals surface area (Å²) in [6, 6.07) is 34.6. The van der Waals surface area contributed by atoms with Crippen LogP contribution in [0.25, 0.3) is 21.8 Å². The molecule has 0 aliphatic carbocycles. The molecule has 0 fully saturated rings. The van der Waals surface area contributed by atoms with Gasteiger partial charge in [-0.05, 0) is 66.9 Å². The van der Waals surface area contributed by atoms with Crippen LogP contribution in [-0.2, 0) is 35.6 Å². The van der Waals surface area contributed by atoms with Crippen LogP contribution in [0.1, 0.15) is 43.3 Å². The normalized spacial score (nSPS) is 14.3. The fraction of sp³-hybridized carbons (Fsp3) is 0.244. The number of fused-ring (bicyclic) bond motifs is 1. The molecule has 0 bridgehead atoms. The van der Waals surface area contributed by atoms with Crippen molar-refractivity contribution in [2.24, 2.45) is 10.6 Å². The number of pyridine rings is 1. The fourth-order valence-electron chi connectivity index (χ4n) is 6.42. The highest BCUT2D eigenvalue weighted by molar-refractivity contribution is 8.00. The van der Waals surface area contributed by atoms with E-state index in [0.29, 0.717) is 24.8 Å². The number of carboxylic acids is 1. The molecule has 3 heterocycles. The van der Waals surface area contributed by atoms with E-state index in [0.717, 1.165) is 51.3 Å². The molecule has 0 saturated heterocycles. The zero-order chi connectivity index (χ0) is 34.7. The van der Waals surface area contributed by atoms with Crippen LogP contribution in [0, 0.1) is 5.41 Å². The van der Waals surface area contributed by atoms with Gasteiger partial charge >= 0.3 is 5.97 Å². The Kier molecular flexibility index (Phi) is 9.50. The van der Waals surface area contributed by atoms with Crippen molar-refractivity contribution in [3.63, 3.8) is 0 Å². The molecule has 1 N–H and O–H groups in total. The Labute approximate surface area is 295 Å². The number of hydrogen-bond acceptors (Lipinski definition) is 7. The smallest absolute Gasteiger partial charge is 0.344 e. The largest absolute Gasteiger partial charge is 0.487 e. The highest BCUT2D eigenvalue weighted by Crippen LogP contribution is 2.48. The Morgan fingerprint density at radius 3 is 2.54 bits per heavy atom. The molecule has 1 aliphatic rings. The van der Waals surface area contributed by atoms with Crippen LogP contribution in [0.5, 0.6) is 17.2 Å². The number of nitrogens with zero attached hydrogens (tertiary/aromatic N) is 3. The molecule has 9 heteroatoms. The number of benzene rings is 4. The van der Waals surface area contributed by atoms with Crippen LogP contribution in [0.4, 0.5) is 0 Å². The predicted octanol–water partition coefficient (Wildman–Crippen LogP) is 9.30. The molecule has 0 saturated carbocycles. The number of aromatic nitrogens is 2. The second kappa shape index (κ2) is 14.3. The number of oxime groups is 1. The number of thioether (sulfide) groups is 1. The van der Waals surface area contributed by atoms with Crippen LogP contribution in [0.3, 0.4) is 0 Å². The molecule has 0 amide bonds. The number of carbonyl (C=O) groups is 1. The van der Waals surface area contributed by atoms with Gasteiger partial charge in [-0.1, -0.05) is 80.5 Å². The Morgan fingerprint density at radius 2 is 1.74 bits per heavy atom. The van der Waals surface area contributed by atoms with Gasteiger partial charge in [0.15, 0.2) is 0 Å². The average Bonchev–Trinajstić information content (AvgIpc) is 3.38. The maximum atomic E-state index is 11.0. The van der Waals surface area contributed by atoms with E-state index in [2.05, 4.69) is 66.9 Å². The number of para-hydroxylation sites is 2. The summed E-state index contributed by atoms with van der Waals surface area (Å²) in [5.74, 6) is 1.41. The van der Waals surface area contributed by atoms with E-state index in [9.17, 15) is 4.79 Å². The van der Waals surface area contributed by atoms with Crippen LogP contribution in [0.15, 0.2) is 113 Å². The summed E-state index contributed by atoms with van der Waals surface area (Å²) in [6.07, 6.45) is 3.27. The molecular formula is C41H39N3O5S. The molecule has 8 nitrogen and oxygen atoms in total. The van der Waals surface area contributed by atoms with Crippen molar-refractivity contribution >= 4 is 45.8 Å². The van der Waals surface area contributed by atoms with E-state index in [-0.39, 0.29) is 0 Å². The molecule has 1 unspecified atom stereocenters. The van der Waals surface area contributed by atoms with Gasteiger partial charge in [-0.2, -0.15) is 0 Å². The van der Waals surface area contributed by atoms with Crippen LogP contribution in [0.2, 0.25) is 0 Å². The number of rotatable bonds is 13. The summed E-state index contributed by atoms with van der Waals surface area (Å²) < 4.78 is 15.0. The lowest BCUT2D eigenvalue weighted by Crippen LogP contribution is -2.21. The van der Waals surface area contributed by atoms with Crippen LogP contribution in [-0.4, -0.2) is 38.7 Å². The second-order valence-corrected chi connectivity index (χ2v) is 14.8. The van der Waals surface area contributed by atoms with E-state index < -0.39 is 18.0 Å². The van der Waals surface area contributed by atoms with Crippen molar-refractivity contribution in [3.05, 3.63) is 126 Å². The van der Waals surface area contributed by atoms with E-state index in [1.165, 1.54) is 21.5 Å². The fourth-order valence-corrected chi connectivity index (χ4v) is 7.73. The number of hydrogen-bond donors (Lipinski definition) is 1. The Bertz CT molecular complexity index is 2180. The molecule has 0 radical (unpaired) electrons. The third-order valence-corrected chi connectivity index (χ3v) is 9.97. The minimum absolute atomic E-state index is 0.342. The van der Waals surface area contributed by atoms with Gasteiger partial charge in [0.25, 0.3) is 0 Å². The van der Waals surface area contributed by atoms with Crippen LogP contribution >= 0.6 is 11.8 Å². The van der Waals surface area contributed by atoms with Crippen molar-refractivity contribution in [2.45, 2.75) is 56.9 Å². The first-order chi connectivity index (χ1) is 24.2. The van der Waals surface area contributed by atoms with E-state index >= 15 is 0 Å². The van der Waals surface area contributed by atoms with Crippen molar-refractivity contribution in [3.8, 4) is 17.2 Å². The van der Waals surface area contributed by atoms with E-state index in [1.807, 2.05) is 78.5 Å². The number of ether oxygens (including phenoxy) is 2. The predicted molar refractivity (Wildman–Crippen MR) is 199 cm³/mol. The first-order valence-electron chi connectivity index (χ1n) is 16.7. The number of carboxylic acid groups (broad SMARTS) is 1. The minimum Gasteiger partial charge on any atom is -0.487 e. The van der Waals surface area contributed by atoms with Crippen LogP contribution < -0.4 is 9.47 Å². The standard InChI is InChI=1S/C41H39N3O5S/c1-27-21-33-37(47-24-30-16-15-29-9-7-8-12-34(29)43-30)20-19-35-39(33)40(50-27)36(22-41(2,3)26-42-48-25-38(45)46)44(35)23-28-13-17-32(18-14-28)49-31-10-5-4-6-11-31/h4-20,26-27H,21-25H2,1-3H3,(H,45,46). The molecule has 6 aromatic rings. The second-order valence-electron chi connectivity index (χ2n) is 13.3. The highest BCUT2D eigenvalue weighted by atomic mass is 32.2. The van der Waals surface area contributed by atoms with Crippen molar-refractivity contribution in [1.82, 2.24) is 9.55 Å². The molecule has 1 aliphatic heterocycles. The Morgan fingerprint density at radius 1 is 0.980 bits per heavy atom. The zero-order valence-electron chi connectivity index (χ0n) is 28.3. The van der Waals surface area contributed by atoms with Gasteiger partial charge in [0.1, 0.15) is 23.9 Å². The Balaban J connectivity index is 1.24. The number of aliphatic carboxylic acids is 1. The summed E-state index contributed by atoms with van der Waals surface area (Å²) in [4.78, 5) is 22.1. The molecule has 254 valence electrons. The van der Waals surface area contributed by atoms with Gasteiger partial charge in [-0.3, -0.25) is 0 Å². The van der Waals surface area contributed by atoms with Gasteiger partial charge in [0, 0.05) is 50.3 Å². The molecule has 4 aromatic carbocycles. The van der Waals surface area contributed by atoms with Gasteiger partial charge in [0.05, 0.1) is 16.7 Å². The molecular weight excluding hydrogens is 647 g/mol. The molecule has 1 atom stereocenters. The molecule has 7 rings (SSSR count). The van der Waals surface area contributed by atoms with Gasteiger partial charge in [0.2, 0.25) is 6.61 Å². The third-order valence-electron chi connectivity index (χ3n) is 8.73. The highest BCUT2D eigenvalue weighted by Gasteiger charge is 2.31. The minimum atomic E-state index is -1.06. The summed E-state index contributed by atoms with van der Waals surface area (Å²) >= 11 is 1.90. The first-order valence-corrected chi connectivity index (χ1v) is 17.6. The topological polar surface area (TPSA) is 95.2 Å². The van der Waals surface area contributed by atoms with Gasteiger partial charge in [-0.25, -0.2) is 9.78 Å². The van der Waals surface area contributed by atoms with E-state index in [1.54, 1.807) is 6.21 Å². The summed E-state index contributed by atoms with van der Waals surface area (Å²) in [7, 11) is 0. The van der Waals surface area contributed by atoms with Crippen molar-refractivity contribution < 1.29 is 24.2 Å². The van der Waals surface area contributed by atoms with Crippen molar-refractivity contribution in [2.75, 3.05) is 6.61 Å². The quantitative estimate of drug-likeness (QED) is 0.0956. The zero-order valence-corrected chi connectivity index (χ0v) is 29.2. The van der Waals surface area contributed by atoms with Gasteiger partial charge < -0.3 is 24.0 Å². The summed E-state index contributed by atoms with van der Waals surface area (Å²) in [5, 5.41) is 15.7. The van der Waals surface area contributed by atoms with Crippen molar-refractivity contribution in [1.29, 1.82) is 0 Å². The first kappa shape index (κ1) is 33.2. The lowest BCUT2D eigenvalue weighted by molar-refractivity contribution is -0.142. The maximum absolute atomic E-state index is 11.0. The summed E-state index contributed by atoms with van der Waals surface area (Å²) in [6.45, 7) is 7.01. The third kappa shape index (κ3) is 7.48. The molecule has 50 heavy (non-hydrogen) atoms. The lowest BCUT2D eigenvalue weighted by Gasteiger charge is -2.24. The monoisotopic (exact) mass is 685 g/mol. The van der Waals surface area contributed by atoms with E-state index in [4.69, 9.17) is 24.4 Å². The summed E-state index contributed by atoms with van der Waals surface area (Å²) in [5.41, 5.74) is 6.14. The molecule has 0 spiro atoms. The SMILES string of the molecule is CC1Cc2c(OCc3ccc4ccccc4n3)ccc3c2c(c(CC(C)(C)C=NOCC(=O)O)n3Cc2ccc(Oc3ccccc3)cc2)S1.